The van der Waals surface area contributed by atoms with Crippen molar-refractivity contribution in [1.82, 2.24) is 19.7 Å². The Bertz CT molecular complexity index is 988. The summed E-state index contributed by atoms with van der Waals surface area (Å²) in [5.74, 6) is 0.471. The summed E-state index contributed by atoms with van der Waals surface area (Å²) < 4.78 is 15.7. The number of thioether (sulfide) groups is 1. The molecule has 0 radical (unpaired) electrons. The number of hydrogen-bond acceptors (Lipinski definition) is 4. The zero-order chi connectivity index (χ0) is 18.8. The molecule has 1 aromatic heterocycles. The Morgan fingerprint density at radius 2 is 1.85 bits per heavy atom. The molecular weight excluding hydrogens is 363 g/mol. The topological polar surface area (TPSA) is 51.0 Å². The van der Waals surface area contributed by atoms with Crippen molar-refractivity contribution < 1.29 is 9.18 Å². The van der Waals surface area contributed by atoms with Crippen LogP contribution in [0.25, 0.3) is 11.4 Å². The summed E-state index contributed by atoms with van der Waals surface area (Å²) in [7, 11) is 1.78. The summed E-state index contributed by atoms with van der Waals surface area (Å²) in [4.78, 5) is 14.5. The molecule has 3 aromatic rings. The first kappa shape index (κ1) is 17.7. The highest BCUT2D eigenvalue weighted by molar-refractivity contribution is 7.99. The van der Waals surface area contributed by atoms with E-state index in [1.54, 1.807) is 29.8 Å². The molecule has 27 heavy (non-hydrogen) atoms. The third-order valence-corrected chi connectivity index (χ3v) is 5.76. The van der Waals surface area contributed by atoms with E-state index in [9.17, 15) is 9.18 Å². The molecule has 138 valence electrons. The Hall–Kier alpha value is -2.67. The van der Waals surface area contributed by atoms with Crippen molar-refractivity contribution in [3.8, 4) is 11.4 Å². The van der Waals surface area contributed by atoms with Gasteiger partial charge in [0.25, 0.3) is 0 Å². The first-order valence-corrected chi connectivity index (χ1v) is 9.73. The van der Waals surface area contributed by atoms with Gasteiger partial charge in [-0.25, -0.2) is 4.39 Å². The number of halogens is 1. The number of aromatic nitrogens is 3. The van der Waals surface area contributed by atoms with Gasteiger partial charge in [0, 0.05) is 20.1 Å². The molecule has 1 amide bonds. The second kappa shape index (κ2) is 7.52. The fourth-order valence-electron chi connectivity index (χ4n) is 3.24. The van der Waals surface area contributed by atoms with E-state index in [1.165, 1.54) is 29.0 Å². The molecule has 0 bridgehead atoms. The van der Waals surface area contributed by atoms with Crippen LogP contribution in [0.3, 0.4) is 0 Å². The second-order valence-electron chi connectivity index (χ2n) is 6.47. The maximum absolute atomic E-state index is 14.0. The van der Waals surface area contributed by atoms with E-state index < -0.39 is 0 Å². The van der Waals surface area contributed by atoms with Gasteiger partial charge in [-0.2, -0.15) is 0 Å². The van der Waals surface area contributed by atoms with Crippen LogP contribution in [0, 0.1) is 5.82 Å². The van der Waals surface area contributed by atoms with Crippen molar-refractivity contribution in [2.24, 2.45) is 7.05 Å². The number of benzene rings is 2. The summed E-state index contributed by atoms with van der Waals surface area (Å²) in [6.07, 6.45) is 0.883. The molecule has 1 aliphatic heterocycles. The van der Waals surface area contributed by atoms with E-state index in [4.69, 9.17) is 0 Å². The maximum Gasteiger partial charge on any atom is 0.233 e. The lowest BCUT2D eigenvalue weighted by Crippen LogP contribution is -2.37. The molecule has 0 saturated heterocycles. The average molecular weight is 382 g/mol. The van der Waals surface area contributed by atoms with Crippen LogP contribution >= 0.6 is 11.8 Å². The highest BCUT2D eigenvalue weighted by Gasteiger charge is 2.21. The van der Waals surface area contributed by atoms with Crippen molar-refractivity contribution in [3.05, 3.63) is 65.5 Å². The smallest absolute Gasteiger partial charge is 0.233 e. The molecule has 4 rings (SSSR count). The third-order valence-electron chi connectivity index (χ3n) is 4.76. The van der Waals surface area contributed by atoms with Crippen LogP contribution in [0.4, 0.5) is 4.39 Å². The van der Waals surface area contributed by atoms with Crippen molar-refractivity contribution in [2.45, 2.75) is 18.1 Å². The third kappa shape index (κ3) is 3.60. The molecule has 0 spiro atoms. The van der Waals surface area contributed by atoms with Crippen LogP contribution in [0.5, 0.6) is 0 Å². The molecule has 0 atom stereocenters. The number of hydrogen-bond donors (Lipinski definition) is 0. The van der Waals surface area contributed by atoms with Crippen molar-refractivity contribution >= 4 is 17.7 Å². The lowest BCUT2D eigenvalue weighted by atomic mass is 10.00. The number of amides is 1. The second-order valence-corrected chi connectivity index (χ2v) is 7.41. The van der Waals surface area contributed by atoms with Crippen LogP contribution in [-0.2, 0) is 24.8 Å². The van der Waals surface area contributed by atoms with Gasteiger partial charge in [0.15, 0.2) is 11.0 Å². The van der Waals surface area contributed by atoms with Crippen LogP contribution in [-0.4, -0.2) is 37.9 Å². The molecule has 0 saturated carbocycles. The highest BCUT2D eigenvalue weighted by atomic mass is 32.2. The first-order valence-electron chi connectivity index (χ1n) is 8.75. The summed E-state index contributed by atoms with van der Waals surface area (Å²) in [5.41, 5.74) is 2.93. The standard InChI is InChI=1S/C20H19FN4OS/c1-24-19(16-8-4-5-9-17(16)21)22-23-20(24)27-13-18(26)25-11-10-14-6-2-3-7-15(14)12-25/h2-9H,10-13H2,1H3. The quantitative estimate of drug-likeness (QED) is 0.650. The molecular formula is C20H19FN4OS. The Balaban J connectivity index is 1.43. The van der Waals surface area contributed by atoms with Gasteiger partial charge in [0.05, 0.1) is 11.3 Å². The van der Waals surface area contributed by atoms with Crippen molar-refractivity contribution in [2.75, 3.05) is 12.3 Å². The molecule has 0 fully saturated rings. The van der Waals surface area contributed by atoms with E-state index in [-0.39, 0.29) is 17.5 Å². The minimum absolute atomic E-state index is 0.0740. The van der Waals surface area contributed by atoms with E-state index in [0.717, 1.165) is 13.0 Å². The monoisotopic (exact) mass is 382 g/mol. The van der Waals surface area contributed by atoms with Gasteiger partial charge in [-0.3, -0.25) is 4.79 Å². The molecule has 0 unspecified atom stereocenters. The van der Waals surface area contributed by atoms with Gasteiger partial charge in [0.1, 0.15) is 5.82 Å². The fourth-order valence-corrected chi connectivity index (χ4v) is 4.06. The number of rotatable bonds is 4. The Morgan fingerprint density at radius 1 is 1.11 bits per heavy atom. The van der Waals surface area contributed by atoms with Crippen LogP contribution in [0.1, 0.15) is 11.1 Å². The minimum Gasteiger partial charge on any atom is -0.337 e. The Labute approximate surface area is 161 Å². The van der Waals surface area contributed by atoms with Crippen LogP contribution < -0.4 is 0 Å². The number of nitrogens with zero attached hydrogens (tertiary/aromatic N) is 4. The molecule has 5 nitrogen and oxygen atoms in total. The zero-order valence-electron chi connectivity index (χ0n) is 14.9. The van der Waals surface area contributed by atoms with Gasteiger partial charge in [-0.15, -0.1) is 10.2 Å². The largest absolute Gasteiger partial charge is 0.337 e. The number of carbonyl (C=O) groups excluding carboxylic acids is 1. The van der Waals surface area contributed by atoms with Gasteiger partial charge >= 0.3 is 0 Å². The first-order chi connectivity index (χ1) is 13.1. The lowest BCUT2D eigenvalue weighted by Gasteiger charge is -2.28. The van der Waals surface area contributed by atoms with Crippen LogP contribution in [0.15, 0.2) is 53.7 Å². The van der Waals surface area contributed by atoms with E-state index in [1.807, 2.05) is 17.0 Å². The van der Waals surface area contributed by atoms with Gasteiger partial charge in [-0.1, -0.05) is 48.2 Å². The Morgan fingerprint density at radius 3 is 2.67 bits per heavy atom. The molecule has 0 N–H and O–H groups in total. The normalized spacial score (nSPS) is 13.5. The van der Waals surface area contributed by atoms with Gasteiger partial charge < -0.3 is 9.47 Å². The SMILES string of the molecule is Cn1c(SCC(=O)N2CCc3ccccc3C2)nnc1-c1ccccc1F. The van der Waals surface area contributed by atoms with E-state index in [0.29, 0.717) is 23.1 Å². The van der Waals surface area contributed by atoms with E-state index in [2.05, 4.69) is 22.3 Å². The van der Waals surface area contributed by atoms with Gasteiger partial charge in [0.2, 0.25) is 5.91 Å². The Kier molecular flexibility index (Phi) is 4.94. The molecule has 1 aliphatic rings. The average Bonchev–Trinajstić information content (AvgIpc) is 3.06. The minimum atomic E-state index is -0.340. The van der Waals surface area contributed by atoms with Crippen LogP contribution in [0.2, 0.25) is 0 Å². The predicted molar refractivity (Wildman–Crippen MR) is 103 cm³/mol. The molecule has 0 aliphatic carbocycles. The maximum atomic E-state index is 14.0. The van der Waals surface area contributed by atoms with Crippen molar-refractivity contribution in [3.63, 3.8) is 0 Å². The van der Waals surface area contributed by atoms with Gasteiger partial charge in [-0.05, 0) is 29.7 Å². The summed E-state index contributed by atoms with van der Waals surface area (Å²) in [6, 6.07) is 14.7. The number of carbonyl (C=O) groups is 1. The summed E-state index contributed by atoms with van der Waals surface area (Å²) >= 11 is 1.33. The lowest BCUT2D eigenvalue weighted by molar-refractivity contribution is -0.129. The predicted octanol–water partition coefficient (Wildman–Crippen LogP) is 3.30. The molecule has 2 aromatic carbocycles. The summed E-state index contributed by atoms with van der Waals surface area (Å²) in [6.45, 7) is 1.38. The van der Waals surface area contributed by atoms with E-state index >= 15 is 0 Å². The zero-order valence-corrected chi connectivity index (χ0v) is 15.7. The molecule has 7 heteroatoms. The highest BCUT2D eigenvalue weighted by Crippen LogP contribution is 2.25. The number of fused-ring (bicyclic) bond motifs is 1. The van der Waals surface area contributed by atoms with Crippen molar-refractivity contribution in [1.29, 1.82) is 0 Å². The summed E-state index contributed by atoms with van der Waals surface area (Å²) in [5, 5.41) is 8.82. The fraction of sp³-hybridized carbons (Fsp3) is 0.250. The molecule has 2 heterocycles.